The van der Waals surface area contributed by atoms with Gasteiger partial charge in [-0.2, -0.15) is 0 Å². The Morgan fingerprint density at radius 2 is 2.29 bits per heavy atom. The minimum atomic E-state index is -0.438. The fourth-order valence-electron chi connectivity index (χ4n) is 0.307. The molecule has 0 aromatic heterocycles. The maximum atomic E-state index is 8.56. The van der Waals surface area contributed by atoms with E-state index in [1.54, 1.807) is 0 Å². The van der Waals surface area contributed by atoms with E-state index in [4.69, 9.17) is 10.8 Å². The molecule has 0 heterocycles. The molecule has 0 rings (SSSR count). The van der Waals surface area contributed by atoms with Crippen LogP contribution in [0.5, 0.6) is 0 Å². The summed E-state index contributed by atoms with van der Waals surface area (Å²) in [6, 6.07) is 0.0781. The molecule has 2 nitrogen and oxygen atoms in total. The summed E-state index contributed by atoms with van der Waals surface area (Å²) in [5.41, 5.74) is 5.30. The molecule has 0 saturated carbocycles. The number of hydrogen-bond donors (Lipinski definition) is 2. The Labute approximate surface area is 51.8 Å². The SMILES string of the molecule is CC(N)CC(O)Br. The predicted octanol–water partition coefficient (Wildman–Crippen LogP) is 0.437. The molecule has 3 N–H and O–H groups in total. The maximum Gasteiger partial charge on any atom is 0.110 e. The summed E-state index contributed by atoms with van der Waals surface area (Å²) in [5.74, 6) is 0. The minimum absolute atomic E-state index is 0.0781. The number of aliphatic hydroxyl groups is 1. The Morgan fingerprint density at radius 1 is 1.86 bits per heavy atom. The fourth-order valence-corrected chi connectivity index (χ4v) is 0.896. The lowest BCUT2D eigenvalue weighted by atomic mass is 10.3. The number of halogens is 1. The van der Waals surface area contributed by atoms with E-state index in [1.165, 1.54) is 0 Å². The summed E-state index contributed by atoms with van der Waals surface area (Å²) in [7, 11) is 0. The van der Waals surface area contributed by atoms with E-state index in [0.717, 1.165) is 0 Å². The molecule has 0 bridgehead atoms. The summed E-state index contributed by atoms with van der Waals surface area (Å²) >= 11 is 2.95. The van der Waals surface area contributed by atoms with E-state index in [9.17, 15) is 0 Å². The highest BCUT2D eigenvalue weighted by molar-refractivity contribution is 9.09. The van der Waals surface area contributed by atoms with Crippen LogP contribution in [0.2, 0.25) is 0 Å². The van der Waals surface area contributed by atoms with Crippen LogP contribution >= 0.6 is 15.9 Å². The highest BCUT2D eigenvalue weighted by atomic mass is 79.9. The van der Waals surface area contributed by atoms with Gasteiger partial charge in [0.25, 0.3) is 0 Å². The van der Waals surface area contributed by atoms with Crippen LogP contribution in [0.3, 0.4) is 0 Å². The average Bonchev–Trinajstić information content (AvgIpc) is 1.27. The predicted molar refractivity (Wildman–Crippen MR) is 33.2 cm³/mol. The first kappa shape index (κ1) is 7.40. The molecule has 3 heteroatoms. The zero-order valence-electron chi connectivity index (χ0n) is 4.26. The van der Waals surface area contributed by atoms with Gasteiger partial charge in [0.05, 0.1) is 0 Å². The fraction of sp³-hybridized carbons (Fsp3) is 1.00. The molecule has 0 spiro atoms. The number of alkyl halides is 1. The summed E-state index contributed by atoms with van der Waals surface area (Å²) in [6.07, 6.45) is 0.611. The molecule has 0 aliphatic rings. The second-order valence-electron chi connectivity index (χ2n) is 1.65. The van der Waals surface area contributed by atoms with Crippen LogP contribution in [0.1, 0.15) is 13.3 Å². The molecule has 2 atom stereocenters. The van der Waals surface area contributed by atoms with E-state index in [-0.39, 0.29) is 6.04 Å². The summed E-state index contributed by atoms with van der Waals surface area (Å²) in [5, 5.41) is 8.12. The molecule has 0 aliphatic carbocycles. The van der Waals surface area contributed by atoms with E-state index >= 15 is 0 Å². The van der Waals surface area contributed by atoms with Crippen molar-refractivity contribution in [3.8, 4) is 0 Å². The Balaban J connectivity index is 2.95. The molecular formula is C4H10BrNO. The first-order chi connectivity index (χ1) is 3.13. The van der Waals surface area contributed by atoms with Gasteiger partial charge in [-0.25, -0.2) is 0 Å². The van der Waals surface area contributed by atoms with Crippen molar-refractivity contribution in [2.24, 2.45) is 5.73 Å². The van der Waals surface area contributed by atoms with Crippen LogP contribution in [0, 0.1) is 0 Å². The average molecular weight is 168 g/mol. The van der Waals surface area contributed by atoms with Gasteiger partial charge < -0.3 is 10.8 Å². The van der Waals surface area contributed by atoms with Gasteiger partial charge in [-0.15, -0.1) is 0 Å². The van der Waals surface area contributed by atoms with Gasteiger partial charge in [0.15, 0.2) is 0 Å². The normalized spacial score (nSPS) is 18.9. The molecule has 44 valence electrons. The van der Waals surface area contributed by atoms with Crippen LogP contribution in [-0.4, -0.2) is 16.2 Å². The molecule has 0 fully saturated rings. The Morgan fingerprint density at radius 3 is 2.29 bits per heavy atom. The summed E-state index contributed by atoms with van der Waals surface area (Å²) in [4.78, 5) is 0. The van der Waals surface area contributed by atoms with E-state index in [0.29, 0.717) is 6.42 Å². The van der Waals surface area contributed by atoms with Crippen LogP contribution in [-0.2, 0) is 0 Å². The minimum Gasteiger partial charge on any atom is -0.382 e. The second kappa shape index (κ2) is 3.41. The summed E-state index contributed by atoms with van der Waals surface area (Å²) in [6.45, 7) is 1.85. The van der Waals surface area contributed by atoms with Crippen molar-refractivity contribution in [3.05, 3.63) is 0 Å². The number of nitrogens with two attached hydrogens (primary N) is 1. The monoisotopic (exact) mass is 167 g/mol. The van der Waals surface area contributed by atoms with Crippen molar-refractivity contribution in [3.63, 3.8) is 0 Å². The van der Waals surface area contributed by atoms with Crippen molar-refractivity contribution in [1.82, 2.24) is 0 Å². The lowest BCUT2D eigenvalue weighted by Crippen LogP contribution is -2.18. The van der Waals surface area contributed by atoms with Crippen molar-refractivity contribution in [2.75, 3.05) is 0 Å². The Bertz CT molecular complexity index is 41.0. The molecule has 0 radical (unpaired) electrons. The second-order valence-corrected chi connectivity index (χ2v) is 2.70. The number of hydrogen-bond acceptors (Lipinski definition) is 2. The van der Waals surface area contributed by atoms with Crippen LogP contribution in [0.4, 0.5) is 0 Å². The van der Waals surface area contributed by atoms with E-state index in [1.807, 2.05) is 6.92 Å². The quantitative estimate of drug-likeness (QED) is 0.587. The molecule has 0 aromatic rings. The third kappa shape index (κ3) is 6.40. The molecular weight excluding hydrogens is 158 g/mol. The lowest BCUT2D eigenvalue weighted by molar-refractivity contribution is 0.251. The number of rotatable bonds is 2. The highest BCUT2D eigenvalue weighted by Crippen LogP contribution is 2.00. The maximum absolute atomic E-state index is 8.56. The molecule has 0 aromatic carbocycles. The third-order valence-electron chi connectivity index (χ3n) is 0.566. The first-order valence-corrected chi connectivity index (χ1v) is 3.12. The topological polar surface area (TPSA) is 46.2 Å². The van der Waals surface area contributed by atoms with Crippen LogP contribution in [0.15, 0.2) is 0 Å². The van der Waals surface area contributed by atoms with Gasteiger partial charge in [-0.1, -0.05) is 15.9 Å². The van der Waals surface area contributed by atoms with E-state index in [2.05, 4.69) is 15.9 Å². The zero-order valence-corrected chi connectivity index (χ0v) is 5.85. The van der Waals surface area contributed by atoms with Gasteiger partial charge >= 0.3 is 0 Å². The van der Waals surface area contributed by atoms with Gasteiger partial charge in [0.2, 0.25) is 0 Å². The molecule has 2 unspecified atom stereocenters. The highest BCUT2D eigenvalue weighted by Gasteiger charge is 1.99. The Hall–Kier alpha value is 0.400. The van der Waals surface area contributed by atoms with Gasteiger partial charge in [0, 0.05) is 6.04 Å². The Kier molecular flexibility index (Phi) is 3.60. The van der Waals surface area contributed by atoms with Gasteiger partial charge in [-0.05, 0) is 13.3 Å². The molecule has 0 amide bonds. The largest absolute Gasteiger partial charge is 0.382 e. The van der Waals surface area contributed by atoms with Crippen molar-refractivity contribution in [1.29, 1.82) is 0 Å². The summed E-state index contributed by atoms with van der Waals surface area (Å²) < 4.78 is 0. The van der Waals surface area contributed by atoms with Gasteiger partial charge in [0.1, 0.15) is 5.01 Å². The van der Waals surface area contributed by atoms with Crippen molar-refractivity contribution >= 4 is 15.9 Å². The van der Waals surface area contributed by atoms with E-state index < -0.39 is 5.01 Å². The third-order valence-corrected chi connectivity index (χ3v) is 0.940. The standard InChI is InChI=1S/C4H10BrNO/c1-3(6)2-4(5)7/h3-4,7H,2,6H2,1H3. The first-order valence-electron chi connectivity index (χ1n) is 2.20. The lowest BCUT2D eigenvalue weighted by Gasteiger charge is -2.03. The van der Waals surface area contributed by atoms with Gasteiger partial charge in [-0.3, -0.25) is 0 Å². The number of aliphatic hydroxyl groups excluding tert-OH is 1. The molecule has 0 aliphatic heterocycles. The van der Waals surface area contributed by atoms with Crippen molar-refractivity contribution < 1.29 is 5.11 Å². The molecule has 0 saturated heterocycles. The molecule has 7 heavy (non-hydrogen) atoms. The van der Waals surface area contributed by atoms with Crippen molar-refractivity contribution in [2.45, 2.75) is 24.4 Å². The zero-order chi connectivity index (χ0) is 5.86. The van der Waals surface area contributed by atoms with Crippen LogP contribution < -0.4 is 5.73 Å². The van der Waals surface area contributed by atoms with Crippen LogP contribution in [0.25, 0.3) is 0 Å². The smallest absolute Gasteiger partial charge is 0.110 e.